The minimum absolute atomic E-state index is 0. The number of aryl methyl sites for hydroxylation is 4. The van der Waals surface area contributed by atoms with Crippen molar-refractivity contribution in [2.24, 2.45) is 11.5 Å². The molecule has 65 heavy (non-hydrogen) atoms. The summed E-state index contributed by atoms with van der Waals surface area (Å²) in [4.78, 5) is 61.8. The predicted molar refractivity (Wildman–Crippen MR) is 239 cm³/mol. The second-order valence-electron chi connectivity index (χ2n) is 14.5. The molecule has 0 aliphatic carbocycles. The summed E-state index contributed by atoms with van der Waals surface area (Å²) in [6, 6.07) is 9.48. The fraction of sp³-hybridized carbons (Fsp3) is 0.279. The Hall–Kier alpha value is -7.54. The summed E-state index contributed by atoms with van der Waals surface area (Å²) in [7, 11) is 3.24. The predicted octanol–water partition coefficient (Wildman–Crippen LogP) is 4.07. The Morgan fingerprint density at radius 1 is 0.723 bits per heavy atom. The normalized spacial score (nSPS) is 11.4. The van der Waals surface area contributed by atoms with E-state index in [-0.39, 0.29) is 63.8 Å². The minimum Gasteiger partial charge on any atom is -0.494 e. The van der Waals surface area contributed by atoms with Crippen LogP contribution in [-0.4, -0.2) is 92.8 Å². The van der Waals surface area contributed by atoms with Gasteiger partial charge in [-0.25, -0.2) is 9.97 Å². The van der Waals surface area contributed by atoms with Crippen molar-refractivity contribution in [1.82, 2.24) is 48.4 Å². The fourth-order valence-corrected chi connectivity index (χ4v) is 7.11. The van der Waals surface area contributed by atoms with Gasteiger partial charge in [-0.1, -0.05) is 24.4 Å². The van der Waals surface area contributed by atoms with Gasteiger partial charge in [0.05, 0.1) is 29.5 Å². The van der Waals surface area contributed by atoms with Crippen LogP contribution in [0.25, 0.3) is 22.1 Å². The molecular formula is C43H48N15O6W-. The number of carbonyl (C=O) groups is 4. The number of ether oxygens (including phenoxy) is 2. The number of hydrogen-bond donors (Lipinski definition) is 5. The summed E-state index contributed by atoms with van der Waals surface area (Å²) >= 11 is 0. The number of anilines is 3. The topological polar surface area (TPSA) is 264 Å². The van der Waals surface area contributed by atoms with Gasteiger partial charge in [0, 0.05) is 72.0 Å². The first-order valence-electron chi connectivity index (χ1n) is 20.3. The summed E-state index contributed by atoms with van der Waals surface area (Å²) in [5.74, 6) is -1.33. The van der Waals surface area contributed by atoms with Gasteiger partial charge in [0.25, 0.3) is 11.8 Å². The van der Waals surface area contributed by atoms with E-state index in [0.29, 0.717) is 76.0 Å². The Morgan fingerprint density at radius 2 is 1.22 bits per heavy atom. The average Bonchev–Trinajstić information content (AvgIpc) is 4.11. The minimum atomic E-state index is -0.692. The first-order valence-corrected chi connectivity index (χ1v) is 20.3. The van der Waals surface area contributed by atoms with Gasteiger partial charge in [-0.15, -0.1) is 11.9 Å². The molecule has 7 rings (SSSR count). The van der Waals surface area contributed by atoms with Crippen molar-refractivity contribution in [3.05, 3.63) is 107 Å². The number of hydrogen-bond acceptors (Lipinski definition) is 12. The zero-order valence-electron chi connectivity index (χ0n) is 36.6. The van der Waals surface area contributed by atoms with E-state index >= 15 is 0 Å². The smallest absolute Gasteiger partial charge is 0.276 e. The number of benzene rings is 2. The van der Waals surface area contributed by atoms with Crippen LogP contribution in [0.2, 0.25) is 0 Å². The van der Waals surface area contributed by atoms with Gasteiger partial charge in [0.1, 0.15) is 40.5 Å². The average molecular weight is 1050 g/mol. The van der Waals surface area contributed by atoms with E-state index in [2.05, 4.69) is 37.4 Å². The van der Waals surface area contributed by atoms with E-state index < -0.39 is 23.6 Å². The third-order valence-electron chi connectivity index (χ3n) is 10.1. The maximum absolute atomic E-state index is 13.8. The van der Waals surface area contributed by atoms with Gasteiger partial charge in [-0.3, -0.25) is 39.2 Å². The molecule has 0 fully saturated rings. The Morgan fingerprint density at radius 3 is 1.68 bits per heavy atom. The largest absolute Gasteiger partial charge is 0.494 e. The maximum Gasteiger partial charge on any atom is 0.276 e. The second kappa shape index (κ2) is 20.3. The van der Waals surface area contributed by atoms with Gasteiger partial charge in [-0.2, -0.15) is 10.2 Å². The molecule has 0 spiro atoms. The van der Waals surface area contributed by atoms with Crippen LogP contribution < -0.4 is 36.9 Å². The van der Waals surface area contributed by atoms with E-state index in [1.165, 1.54) is 31.4 Å². The quantitative estimate of drug-likeness (QED) is 0.0567. The molecule has 4 amide bonds. The third-order valence-corrected chi connectivity index (χ3v) is 10.1. The number of nitrogens with one attached hydrogen (secondary N) is 3. The van der Waals surface area contributed by atoms with Crippen LogP contribution >= 0.6 is 0 Å². The van der Waals surface area contributed by atoms with Crippen LogP contribution in [0.1, 0.15) is 66.9 Å². The molecule has 7 aromatic rings. The summed E-state index contributed by atoms with van der Waals surface area (Å²) in [5, 5.41) is 21.8. The number of nitrogens with two attached hydrogens (primary N) is 2. The molecule has 0 radical (unpaired) electrons. The Kier molecular flexibility index (Phi) is 14.7. The molecule has 0 atom stereocenters. The molecule has 2 aromatic carbocycles. The zero-order chi connectivity index (χ0) is 45.7. The molecule has 0 bridgehead atoms. The first-order chi connectivity index (χ1) is 30.8. The van der Waals surface area contributed by atoms with Crippen molar-refractivity contribution < 1.29 is 49.7 Å². The number of primary amides is 2. The van der Waals surface area contributed by atoms with Crippen molar-refractivity contribution >= 4 is 63.3 Å². The molecular weight excluding hydrogens is 1010 g/mol. The number of rotatable bonds is 19. The van der Waals surface area contributed by atoms with E-state index in [4.69, 9.17) is 30.9 Å². The van der Waals surface area contributed by atoms with Crippen LogP contribution in [0.3, 0.4) is 0 Å². The summed E-state index contributed by atoms with van der Waals surface area (Å²) in [5.41, 5.74) is 16.2. The van der Waals surface area contributed by atoms with Crippen LogP contribution in [0.5, 0.6) is 11.5 Å². The molecule has 0 saturated heterocycles. The van der Waals surface area contributed by atoms with Crippen LogP contribution in [0.15, 0.2) is 66.9 Å². The zero-order valence-corrected chi connectivity index (χ0v) is 39.5. The number of imidazole rings is 2. The van der Waals surface area contributed by atoms with E-state index in [9.17, 15) is 19.2 Å². The first kappa shape index (κ1) is 46.9. The Bertz CT molecular complexity index is 2970. The monoisotopic (exact) mass is 1050 g/mol. The van der Waals surface area contributed by atoms with Gasteiger partial charge < -0.3 is 45.2 Å². The number of allylic oxidation sites excluding steroid dienone is 3. The maximum atomic E-state index is 13.8. The van der Waals surface area contributed by atoms with Crippen molar-refractivity contribution in [2.75, 3.05) is 36.7 Å². The van der Waals surface area contributed by atoms with Crippen LogP contribution in [-0.2, 0) is 53.8 Å². The molecule has 0 aliphatic rings. The number of fused-ring (bicyclic) bond motifs is 2. The van der Waals surface area contributed by atoms with Gasteiger partial charge >= 0.3 is 0 Å². The number of aromatic nitrogens is 10. The van der Waals surface area contributed by atoms with E-state index in [1.807, 2.05) is 44.3 Å². The van der Waals surface area contributed by atoms with E-state index in [0.717, 1.165) is 5.69 Å². The molecule has 5 heterocycles. The summed E-state index contributed by atoms with van der Waals surface area (Å²) < 4.78 is 20.3. The number of nitrogens with zero attached hydrogens (tertiary/aromatic N) is 10. The molecule has 7 N–H and O–H groups in total. The van der Waals surface area contributed by atoms with Crippen molar-refractivity contribution in [3.63, 3.8) is 0 Å². The van der Waals surface area contributed by atoms with Crippen molar-refractivity contribution in [3.8, 4) is 11.5 Å². The van der Waals surface area contributed by atoms with Gasteiger partial charge in [-0.05, 0) is 70.2 Å². The van der Waals surface area contributed by atoms with Crippen LogP contribution in [0.4, 0.5) is 17.6 Å². The summed E-state index contributed by atoms with van der Waals surface area (Å²) in [6.45, 7) is 9.15. The second-order valence-corrected chi connectivity index (χ2v) is 14.5. The molecule has 0 aliphatic heterocycles. The number of amides is 4. The van der Waals surface area contributed by atoms with Crippen LogP contribution in [0, 0.1) is 20.0 Å². The standard InChI is InChI=1S/C43H48N15O6.W/c1-7-57-32(17-25(3)52-57)40(61)50-42-48-30-19-27(38(44)59)21-34(63-6)36(30)55(42)14-9-10-15-56-37-31(49-43(56)51-41(62)33-18-26(4)53-58(33)8-2)20-28(39(45)60)22-35(37)64-16-12-11-13-54-24-29(46-5)23-47-54;/h9-12,17-22,24,46H,7-8,13-16H2,1-6H3,(H2,44,59)(H2,45,60)(H,48,50,61)(H,49,51,62);/q-1;/b10-9+,12-11+;. The molecule has 0 saturated carbocycles. The molecule has 338 valence electrons. The Labute approximate surface area is 387 Å². The molecule has 21 nitrogen and oxygen atoms in total. The van der Waals surface area contributed by atoms with E-state index in [1.54, 1.807) is 56.2 Å². The fourth-order valence-electron chi connectivity index (χ4n) is 7.11. The van der Waals surface area contributed by atoms with Gasteiger partial charge in [0.15, 0.2) is 0 Å². The molecule has 22 heteroatoms. The molecule has 0 unspecified atom stereocenters. The Balaban J connectivity index is 0.00000700. The number of methoxy groups -OCH3 is 1. The van der Waals surface area contributed by atoms with Gasteiger partial charge in [0.2, 0.25) is 23.7 Å². The summed E-state index contributed by atoms with van der Waals surface area (Å²) in [6.07, 6.45) is 12.0. The third kappa shape index (κ3) is 10.1. The van der Waals surface area contributed by atoms with Crippen molar-refractivity contribution in [2.45, 2.75) is 60.4 Å². The van der Waals surface area contributed by atoms with Crippen molar-refractivity contribution in [1.29, 1.82) is 0 Å². The number of carbonyl (C=O) groups excluding carboxylic acids is 4. The molecule has 5 aromatic heterocycles. The SMILES string of the molecule is CCn1nc(C)cc1C(=O)Nc1nc2cc(C(N)=O)cc(OC)c2n1C/C=C/Cn1c(NC(=O)c2cc(C)nn2CC)nc2cc(C(N)=O)cc(OC/C=C/Cn3cc(NC)[c-]n3)c21.[W].